The summed E-state index contributed by atoms with van der Waals surface area (Å²) in [6.07, 6.45) is 0.919. The van der Waals surface area contributed by atoms with E-state index in [1.54, 1.807) is 0 Å². The molecule has 2 aromatic carbocycles. The molecule has 0 fully saturated rings. The summed E-state index contributed by atoms with van der Waals surface area (Å²) in [6.45, 7) is 0. The second-order valence-corrected chi connectivity index (χ2v) is 7.75. The van der Waals surface area contributed by atoms with Gasteiger partial charge in [0.2, 0.25) is 0 Å². The molecular weight excluding hydrogens is 316 g/mol. The first-order valence-electron chi connectivity index (χ1n) is 5.73. The van der Waals surface area contributed by atoms with Gasteiger partial charge in [0.05, 0.1) is 4.90 Å². The van der Waals surface area contributed by atoms with Crippen LogP contribution >= 0.6 is 0 Å². The monoisotopic (exact) mass is 328 g/mol. The Morgan fingerprint density at radius 1 is 0.857 bits per heavy atom. The normalized spacial score (nSPS) is 12.0. The Bertz CT molecular complexity index is 852. The standard InChI is InChI=1S/C13H12O6S2/c1-20(15,16)12-4-2-3-5-13(12)21(17,18)19-11-8-6-10(14)7-9-11/h2-9,14H,1H3. The van der Waals surface area contributed by atoms with Crippen molar-refractivity contribution in [2.45, 2.75) is 9.79 Å². The molecule has 112 valence electrons. The Labute approximate surface area is 122 Å². The molecule has 0 aromatic heterocycles. The van der Waals surface area contributed by atoms with E-state index in [4.69, 9.17) is 9.29 Å². The van der Waals surface area contributed by atoms with Crippen LogP contribution in [0.2, 0.25) is 0 Å². The topological polar surface area (TPSA) is 97.7 Å². The van der Waals surface area contributed by atoms with Gasteiger partial charge in [0.1, 0.15) is 16.4 Å². The minimum Gasteiger partial charge on any atom is -0.508 e. The smallest absolute Gasteiger partial charge is 0.340 e. The molecule has 0 aliphatic heterocycles. The summed E-state index contributed by atoms with van der Waals surface area (Å²) < 4.78 is 52.6. The maximum atomic E-state index is 12.2. The molecule has 0 heterocycles. The lowest BCUT2D eigenvalue weighted by molar-refractivity contribution is 0.468. The molecule has 0 saturated heterocycles. The predicted molar refractivity (Wildman–Crippen MR) is 75.5 cm³/mol. The van der Waals surface area contributed by atoms with Crippen LogP contribution < -0.4 is 4.18 Å². The maximum absolute atomic E-state index is 12.2. The van der Waals surface area contributed by atoms with E-state index in [0.717, 1.165) is 12.3 Å². The van der Waals surface area contributed by atoms with Gasteiger partial charge in [-0.15, -0.1) is 0 Å². The number of sulfone groups is 1. The highest BCUT2D eigenvalue weighted by Crippen LogP contribution is 2.25. The van der Waals surface area contributed by atoms with E-state index in [1.807, 2.05) is 0 Å². The Balaban J connectivity index is 2.48. The highest BCUT2D eigenvalue weighted by molar-refractivity contribution is 7.92. The van der Waals surface area contributed by atoms with Crippen molar-refractivity contribution < 1.29 is 26.1 Å². The Morgan fingerprint density at radius 2 is 1.38 bits per heavy atom. The lowest BCUT2D eigenvalue weighted by atomic mass is 10.3. The van der Waals surface area contributed by atoms with E-state index in [-0.39, 0.29) is 16.4 Å². The average Bonchev–Trinajstić information content (AvgIpc) is 2.40. The first-order valence-corrected chi connectivity index (χ1v) is 9.03. The molecule has 21 heavy (non-hydrogen) atoms. The van der Waals surface area contributed by atoms with E-state index in [1.165, 1.54) is 42.5 Å². The first kappa shape index (κ1) is 15.3. The molecule has 0 bridgehead atoms. The van der Waals surface area contributed by atoms with Crippen molar-refractivity contribution in [1.29, 1.82) is 0 Å². The highest BCUT2D eigenvalue weighted by Gasteiger charge is 2.25. The van der Waals surface area contributed by atoms with Gasteiger partial charge in [-0.1, -0.05) is 12.1 Å². The van der Waals surface area contributed by atoms with Crippen molar-refractivity contribution >= 4 is 20.0 Å². The van der Waals surface area contributed by atoms with Crippen LogP contribution in [0.3, 0.4) is 0 Å². The van der Waals surface area contributed by atoms with Gasteiger partial charge in [-0.2, -0.15) is 8.42 Å². The minimum atomic E-state index is -4.30. The van der Waals surface area contributed by atoms with Crippen LogP contribution in [0.1, 0.15) is 0 Å². The van der Waals surface area contributed by atoms with E-state index in [2.05, 4.69) is 0 Å². The van der Waals surface area contributed by atoms with Gasteiger partial charge < -0.3 is 9.29 Å². The SMILES string of the molecule is CS(=O)(=O)c1ccccc1S(=O)(=O)Oc1ccc(O)cc1. The van der Waals surface area contributed by atoms with Crippen molar-refractivity contribution in [1.82, 2.24) is 0 Å². The number of aromatic hydroxyl groups is 1. The second kappa shape index (κ2) is 5.38. The van der Waals surface area contributed by atoms with Gasteiger partial charge in [-0.25, -0.2) is 8.42 Å². The number of benzene rings is 2. The lowest BCUT2D eigenvalue weighted by Gasteiger charge is -2.10. The molecule has 0 amide bonds. The molecular formula is C13H12O6S2. The Morgan fingerprint density at radius 3 is 1.90 bits per heavy atom. The quantitative estimate of drug-likeness (QED) is 0.855. The molecule has 0 aliphatic carbocycles. The zero-order valence-corrected chi connectivity index (χ0v) is 12.6. The van der Waals surface area contributed by atoms with Gasteiger partial charge >= 0.3 is 10.1 Å². The van der Waals surface area contributed by atoms with Gasteiger partial charge in [-0.05, 0) is 36.4 Å². The average molecular weight is 328 g/mol. The third-order valence-corrected chi connectivity index (χ3v) is 5.15. The van der Waals surface area contributed by atoms with E-state index in [9.17, 15) is 16.8 Å². The number of rotatable bonds is 4. The number of phenols is 1. The molecule has 0 saturated carbocycles. The molecule has 2 rings (SSSR count). The van der Waals surface area contributed by atoms with Gasteiger partial charge in [0.15, 0.2) is 9.84 Å². The summed E-state index contributed by atoms with van der Waals surface area (Å²) in [5.41, 5.74) is 0. The molecule has 0 aliphatic rings. The first-order chi connectivity index (χ1) is 9.70. The molecule has 8 heteroatoms. The molecule has 6 nitrogen and oxygen atoms in total. The van der Waals surface area contributed by atoms with Crippen LogP contribution in [0.15, 0.2) is 58.3 Å². The third-order valence-electron chi connectivity index (χ3n) is 2.56. The summed E-state index contributed by atoms with van der Waals surface area (Å²) in [5.74, 6) is -0.0765. The van der Waals surface area contributed by atoms with Crippen LogP contribution in [0.4, 0.5) is 0 Å². The van der Waals surface area contributed by atoms with E-state index >= 15 is 0 Å². The fourth-order valence-electron chi connectivity index (χ4n) is 1.64. The predicted octanol–water partition coefficient (Wildman–Crippen LogP) is 1.56. The molecule has 0 radical (unpaired) electrons. The maximum Gasteiger partial charge on any atom is 0.340 e. The number of phenolic OH excluding ortho intramolecular Hbond substituents is 1. The van der Waals surface area contributed by atoms with Crippen LogP contribution in [0, 0.1) is 0 Å². The van der Waals surface area contributed by atoms with Crippen molar-refractivity contribution in [2.75, 3.05) is 6.26 Å². The molecule has 1 N–H and O–H groups in total. The lowest BCUT2D eigenvalue weighted by Crippen LogP contribution is -2.14. The zero-order valence-electron chi connectivity index (χ0n) is 10.9. The molecule has 0 atom stereocenters. The van der Waals surface area contributed by atoms with Crippen molar-refractivity contribution in [3.05, 3.63) is 48.5 Å². The van der Waals surface area contributed by atoms with Crippen molar-refractivity contribution in [3.8, 4) is 11.5 Å². The summed E-state index contributed by atoms with van der Waals surface area (Å²) in [7, 11) is -8.02. The van der Waals surface area contributed by atoms with Crippen LogP contribution in [0.5, 0.6) is 11.5 Å². The van der Waals surface area contributed by atoms with E-state index < -0.39 is 24.9 Å². The van der Waals surface area contributed by atoms with E-state index in [0.29, 0.717) is 0 Å². The van der Waals surface area contributed by atoms with Gasteiger partial charge in [0, 0.05) is 6.26 Å². The van der Waals surface area contributed by atoms with Gasteiger partial charge in [0.25, 0.3) is 0 Å². The fraction of sp³-hybridized carbons (Fsp3) is 0.0769. The summed E-state index contributed by atoms with van der Waals surface area (Å²) >= 11 is 0. The molecule has 0 unspecified atom stereocenters. The van der Waals surface area contributed by atoms with Crippen LogP contribution in [0.25, 0.3) is 0 Å². The Hall–Kier alpha value is -2.06. The Kier molecular flexibility index (Phi) is 3.93. The number of hydrogen-bond acceptors (Lipinski definition) is 6. The van der Waals surface area contributed by atoms with Gasteiger partial charge in [-0.3, -0.25) is 0 Å². The third kappa shape index (κ3) is 3.53. The van der Waals surface area contributed by atoms with Crippen molar-refractivity contribution in [3.63, 3.8) is 0 Å². The number of hydrogen-bond donors (Lipinski definition) is 1. The summed E-state index contributed by atoms with van der Waals surface area (Å²) in [5, 5.41) is 9.14. The molecule has 2 aromatic rings. The highest BCUT2D eigenvalue weighted by atomic mass is 32.2. The minimum absolute atomic E-state index is 0.0314. The fourth-order valence-corrected chi connectivity index (χ4v) is 4.17. The van der Waals surface area contributed by atoms with Crippen LogP contribution in [-0.2, 0) is 20.0 Å². The van der Waals surface area contributed by atoms with Crippen molar-refractivity contribution in [2.24, 2.45) is 0 Å². The van der Waals surface area contributed by atoms with Crippen LogP contribution in [-0.4, -0.2) is 28.2 Å². The second-order valence-electron chi connectivity index (χ2n) is 4.25. The largest absolute Gasteiger partial charge is 0.508 e. The summed E-state index contributed by atoms with van der Waals surface area (Å²) in [6, 6.07) is 10.2. The zero-order chi connectivity index (χ0) is 15.7. The molecule has 0 spiro atoms. The summed E-state index contributed by atoms with van der Waals surface area (Å²) in [4.78, 5) is -0.760.